The summed E-state index contributed by atoms with van der Waals surface area (Å²) in [6.45, 7) is 5.32. The van der Waals surface area contributed by atoms with Crippen LogP contribution in [0.4, 0.5) is 0 Å². The number of rotatable bonds is 7. The minimum Gasteiger partial charge on any atom is -0.463 e. The molecule has 0 radical (unpaired) electrons. The van der Waals surface area contributed by atoms with Gasteiger partial charge in [-0.15, -0.1) is 5.10 Å². The zero-order chi connectivity index (χ0) is 21.7. The van der Waals surface area contributed by atoms with Gasteiger partial charge >= 0.3 is 5.97 Å². The Morgan fingerprint density at radius 1 is 1.13 bits per heavy atom. The molecule has 0 aliphatic rings. The third kappa shape index (κ3) is 5.24. The minimum absolute atomic E-state index is 0.00934. The van der Waals surface area contributed by atoms with Crippen LogP contribution < -0.4 is 5.32 Å². The van der Waals surface area contributed by atoms with Crippen LogP contribution >= 0.6 is 11.6 Å². The van der Waals surface area contributed by atoms with Crippen LogP contribution in [0.3, 0.4) is 0 Å². The fourth-order valence-corrected chi connectivity index (χ4v) is 3.22. The van der Waals surface area contributed by atoms with E-state index in [2.05, 4.69) is 15.6 Å². The zero-order valence-corrected chi connectivity index (χ0v) is 17.8. The highest BCUT2D eigenvalue weighted by molar-refractivity contribution is 6.30. The van der Waals surface area contributed by atoms with Crippen molar-refractivity contribution in [3.63, 3.8) is 0 Å². The van der Waals surface area contributed by atoms with Crippen LogP contribution in [0.5, 0.6) is 0 Å². The Morgan fingerprint density at radius 2 is 1.87 bits per heavy atom. The van der Waals surface area contributed by atoms with Gasteiger partial charge in [0.2, 0.25) is 0 Å². The lowest BCUT2D eigenvalue weighted by Gasteiger charge is -2.19. The van der Waals surface area contributed by atoms with Crippen molar-refractivity contribution in [2.24, 2.45) is 0 Å². The molecule has 30 heavy (non-hydrogen) atoms. The van der Waals surface area contributed by atoms with E-state index >= 15 is 0 Å². The highest BCUT2D eigenvalue weighted by Gasteiger charge is 2.24. The van der Waals surface area contributed by atoms with Crippen LogP contribution in [0.15, 0.2) is 54.6 Å². The SMILES string of the molecule is Cc1c(C(=O)NC(CC(=O)OC(C)C)c2ccccc2)nnn1-c1cccc(Cl)c1. The summed E-state index contributed by atoms with van der Waals surface area (Å²) in [7, 11) is 0. The van der Waals surface area contributed by atoms with E-state index in [1.54, 1.807) is 43.7 Å². The molecule has 1 N–H and O–H groups in total. The van der Waals surface area contributed by atoms with E-state index in [4.69, 9.17) is 16.3 Å². The molecule has 1 aromatic heterocycles. The molecule has 0 spiro atoms. The molecule has 0 saturated heterocycles. The lowest BCUT2D eigenvalue weighted by molar-refractivity contribution is -0.147. The topological polar surface area (TPSA) is 86.1 Å². The van der Waals surface area contributed by atoms with Gasteiger partial charge < -0.3 is 10.1 Å². The van der Waals surface area contributed by atoms with Gasteiger partial charge in [-0.25, -0.2) is 4.68 Å². The molecule has 0 aliphatic carbocycles. The van der Waals surface area contributed by atoms with Crippen molar-refractivity contribution in [2.45, 2.75) is 39.3 Å². The molecule has 0 saturated carbocycles. The first kappa shape index (κ1) is 21.5. The summed E-state index contributed by atoms with van der Waals surface area (Å²) in [4.78, 5) is 25.2. The first-order valence-corrected chi connectivity index (χ1v) is 9.96. The smallest absolute Gasteiger partial charge is 0.308 e. The standard InChI is InChI=1S/C22H23ClN4O3/c1-14(2)30-20(28)13-19(16-8-5-4-6-9-16)24-22(29)21-15(3)27(26-25-21)18-11-7-10-17(23)12-18/h4-12,14,19H,13H2,1-3H3,(H,24,29). The molecule has 0 aliphatic heterocycles. The Hall–Kier alpha value is -3.19. The van der Waals surface area contributed by atoms with Gasteiger partial charge in [0, 0.05) is 5.02 Å². The number of esters is 1. The van der Waals surface area contributed by atoms with E-state index in [1.807, 2.05) is 36.4 Å². The summed E-state index contributed by atoms with van der Waals surface area (Å²) in [5.74, 6) is -0.814. The first-order chi connectivity index (χ1) is 14.3. The van der Waals surface area contributed by atoms with Crippen molar-refractivity contribution in [3.05, 3.63) is 76.6 Å². The molecule has 1 heterocycles. The maximum Gasteiger partial charge on any atom is 0.308 e. The summed E-state index contributed by atoms with van der Waals surface area (Å²) in [6, 6.07) is 15.8. The molecule has 2 aromatic carbocycles. The second-order valence-electron chi connectivity index (χ2n) is 7.09. The second kappa shape index (κ2) is 9.54. The number of carbonyl (C=O) groups excluding carboxylic acids is 2. The molecule has 3 rings (SSSR count). The van der Waals surface area contributed by atoms with Crippen molar-refractivity contribution in [2.75, 3.05) is 0 Å². The van der Waals surface area contributed by atoms with Crippen LogP contribution in [0, 0.1) is 6.92 Å². The number of nitrogens with zero attached hydrogens (tertiary/aromatic N) is 3. The summed E-state index contributed by atoms with van der Waals surface area (Å²) >= 11 is 6.05. The Morgan fingerprint density at radius 3 is 2.53 bits per heavy atom. The first-order valence-electron chi connectivity index (χ1n) is 9.58. The average Bonchev–Trinajstić information content (AvgIpc) is 3.09. The van der Waals surface area contributed by atoms with Crippen LogP contribution in [-0.2, 0) is 9.53 Å². The number of benzene rings is 2. The number of nitrogens with one attached hydrogen (secondary N) is 1. The lowest BCUT2D eigenvalue weighted by atomic mass is 10.0. The molecule has 1 amide bonds. The van der Waals surface area contributed by atoms with E-state index < -0.39 is 17.9 Å². The highest BCUT2D eigenvalue weighted by atomic mass is 35.5. The van der Waals surface area contributed by atoms with E-state index in [0.29, 0.717) is 16.4 Å². The second-order valence-corrected chi connectivity index (χ2v) is 7.53. The van der Waals surface area contributed by atoms with Gasteiger partial charge in [0.1, 0.15) is 0 Å². The van der Waals surface area contributed by atoms with Gasteiger partial charge in [0.05, 0.1) is 29.9 Å². The van der Waals surface area contributed by atoms with Gasteiger partial charge in [-0.2, -0.15) is 0 Å². The van der Waals surface area contributed by atoms with Crippen molar-refractivity contribution < 1.29 is 14.3 Å². The van der Waals surface area contributed by atoms with Gasteiger partial charge in [0.25, 0.3) is 5.91 Å². The van der Waals surface area contributed by atoms with Crippen molar-refractivity contribution in [1.29, 1.82) is 0 Å². The summed E-state index contributed by atoms with van der Waals surface area (Å²) < 4.78 is 6.80. The number of hydrogen-bond acceptors (Lipinski definition) is 5. The maximum atomic E-state index is 13.0. The lowest BCUT2D eigenvalue weighted by Crippen LogP contribution is -2.31. The molecule has 3 aromatic rings. The van der Waals surface area contributed by atoms with Crippen LogP contribution in [0.1, 0.15) is 48.1 Å². The Kier molecular flexibility index (Phi) is 6.84. The van der Waals surface area contributed by atoms with Crippen LogP contribution in [0.25, 0.3) is 5.69 Å². The predicted octanol–water partition coefficient (Wildman–Crippen LogP) is 4.04. The highest BCUT2D eigenvalue weighted by Crippen LogP contribution is 2.20. The van der Waals surface area contributed by atoms with Gasteiger partial charge in [-0.05, 0) is 44.5 Å². The van der Waals surface area contributed by atoms with Gasteiger partial charge in [0.15, 0.2) is 5.69 Å². The van der Waals surface area contributed by atoms with Crippen LogP contribution in [0.2, 0.25) is 5.02 Å². The number of aromatic nitrogens is 3. The minimum atomic E-state index is -0.555. The summed E-state index contributed by atoms with van der Waals surface area (Å²) in [5, 5.41) is 11.6. The Bertz CT molecular complexity index is 1030. The largest absolute Gasteiger partial charge is 0.463 e. The van der Waals surface area contributed by atoms with Crippen LogP contribution in [-0.4, -0.2) is 33.0 Å². The molecule has 156 valence electrons. The number of carbonyl (C=O) groups is 2. The van der Waals surface area contributed by atoms with Crippen molar-refractivity contribution in [3.8, 4) is 5.69 Å². The van der Waals surface area contributed by atoms with Crippen molar-refractivity contribution >= 4 is 23.5 Å². The van der Waals surface area contributed by atoms with E-state index in [-0.39, 0.29) is 18.2 Å². The quantitative estimate of drug-likeness (QED) is 0.576. The monoisotopic (exact) mass is 426 g/mol. The van der Waals surface area contributed by atoms with E-state index in [0.717, 1.165) is 5.56 Å². The van der Waals surface area contributed by atoms with E-state index in [9.17, 15) is 9.59 Å². The number of halogens is 1. The average molecular weight is 427 g/mol. The Labute approximate surface area is 180 Å². The van der Waals surface area contributed by atoms with Gasteiger partial charge in [-0.1, -0.05) is 53.2 Å². The Balaban J connectivity index is 1.83. The van der Waals surface area contributed by atoms with Gasteiger partial charge in [-0.3, -0.25) is 9.59 Å². The molecule has 8 heteroatoms. The molecular weight excluding hydrogens is 404 g/mol. The molecule has 1 atom stereocenters. The normalized spacial score (nSPS) is 11.9. The predicted molar refractivity (Wildman–Crippen MR) is 114 cm³/mol. The summed E-state index contributed by atoms with van der Waals surface area (Å²) in [6.07, 6.45) is -0.223. The van der Waals surface area contributed by atoms with Crippen molar-refractivity contribution in [1.82, 2.24) is 20.3 Å². The molecule has 0 bridgehead atoms. The van der Waals surface area contributed by atoms with E-state index in [1.165, 1.54) is 0 Å². The number of hydrogen-bond donors (Lipinski definition) is 1. The maximum absolute atomic E-state index is 13.0. The molecular formula is C22H23ClN4O3. The number of amides is 1. The third-order valence-electron chi connectivity index (χ3n) is 4.41. The zero-order valence-electron chi connectivity index (χ0n) is 17.0. The number of ether oxygens (including phenoxy) is 1. The fourth-order valence-electron chi connectivity index (χ4n) is 3.03. The molecule has 1 unspecified atom stereocenters. The fraction of sp³-hybridized carbons (Fsp3) is 0.273. The molecule has 0 fully saturated rings. The summed E-state index contributed by atoms with van der Waals surface area (Å²) in [5.41, 5.74) is 2.23. The molecule has 7 nitrogen and oxygen atoms in total. The third-order valence-corrected chi connectivity index (χ3v) is 4.64.